The van der Waals surface area contributed by atoms with Gasteiger partial charge in [-0.25, -0.2) is 0 Å². The van der Waals surface area contributed by atoms with Crippen LogP contribution in [0.15, 0.2) is 48.8 Å². The number of carbonyl (C=O) groups excluding carboxylic acids is 1. The lowest BCUT2D eigenvalue weighted by molar-refractivity contribution is -0.119. The summed E-state index contributed by atoms with van der Waals surface area (Å²) in [5.74, 6) is 1.33. The van der Waals surface area contributed by atoms with Crippen LogP contribution in [0, 0.1) is 12.8 Å². The van der Waals surface area contributed by atoms with Crippen LogP contribution in [0.2, 0.25) is 0 Å². The molecule has 3 heterocycles. The van der Waals surface area contributed by atoms with Crippen LogP contribution in [0.3, 0.4) is 0 Å². The van der Waals surface area contributed by atoms with Gasteiger partial charge in [-0.1, -0.05) is 17.7 Å². The van der Waals surface area contributed by atoms with E-state index in [9.17, 15) is 4.79 Å². The Morgan fingerprint density at radius 2 is 2.23 bits per heavy atom. The third-order valence-corrected chi connectivity index (χ3v) is 5.44. The molecular formula is C21H24N2O3. The molecule has 0 radical (unpaired) electrons. The number of hydrogen-bond acceptors (Lipinski definition) is 4. The molecule has 0 N–H and O–H groups in total. The summed E-state index contributed by atoms with van der Waals surface area (Å²) in [5, 5.41) is 0. The molecule has 0 unspecified atom stereocenters. The van der Waals surface area contributed by atoms with Crippen molar-refractivity contribution in [1.29, 1.82) is 0 Å². The molecule has 5 heteroatoms. The Kier molecular flexibility index (Phi) is 4.64. The Hall–Kier alpha value is -2.40. The van der Waals surface area contributed by atoms with E-state index in [0.717, 1.165) is 36.3 Å². The number of ether oxygens (including phenoxy) is 2. The molecule has 4 rings (SSSR count). The van der Waals surface area contributed by atoms with E-state index >= 15 is 0 Å². The van der Waals surface area contributed by atoms with Crippen molar-refractivity contribution < 1.29 is 14.3 Å². The van der Waals surface area contributed by atoms with Crippen LogP contribution in [-0.2, 0) is 4.74 Å². The third-order valence-electron chi connectivity index (χ3n) is 5.44. The van der Waals surface area contributed by atoms with E-state index in [1.54, 1.807) is 12.4 Å². The number of nitrogens with zero attached hydrogens (tertiary/aromatic N) is 2. The smallest absolute Gasteiger partial charge is 0.254 e. The van der Waals surface area contributed by atoms with Gasteiger partial charge in [-0.2, -0.15) is 0 Å². The number of pyridine rings is 1. The van der Waals surface area contributed by atoms with Crippen molar-refractivity contribution >= 4 is 5.91 Å². The minimum absolute atomic E-state index is 0.0974. The molecule has 5 nitrogen and oxygen atoms in total. The quantitative estimate of drug-likeness (QED) is 0.830. The Labute approximate surface area is 153 Å². The fourth-order valence-corrected chi connectivity index (χ4v) is 4.00. The van der Waals surface area contributed by atoms with Gasteiger partial charge in [0.25, 0.3) is 5.91 Å². The average Bonchev–Trinajstić information content (AvgIpc) is 3.05. The second kappa shape index (κ2) is 7.08. The van der Waals surface area contributed by atoms with Crippen LogP contribution < -0.4 is 4.74 Å². The minimum atomic E-state index is -0.183. The molecular weight excluding hydrogens is 328 g/mol. The van der Waals surface area contributed by atoms with Crippen LogP contribution in [0.25, 0.3) is 0 Å². The summed E-state index contributed by atoms with van der Waals surface area (Å²) in [7, 11) is 0. The van der Waals surface area contributed by atoms with Gasteiger partial charge >= 0.3 is 0 Å². The van der Waals surface area contributed by atoms with Gasteiger partial charge in [-0.15, -0.1) is 0 Å². The summed E-state index contributed by atoms with van der Waals surface area (Å²) in [6, 6.07) is 11.6. The standard InChI is InChI=1S/C21H24N2O3/c1-16-4-2-5-17(12-16)20(24)23-14-21(15-23)18(8-11-26-21)7-10-25-19-6-3-9-22-13-19/h2-6,9,12-13,18H,7-8,10-11,14-15H2,1H3/t18-/m0/s1. The van der Waals surface area contributed by atoms with Gasteiger partial charge < -0.3 is 14.4 Å². The number of benzene rings is 1. The highest BCUT2D eigenvalue weighted by atomic mass is 16.5. The van der Waals surface area contributed by atoms with Crippen LogP contribution in [0.5, 0.6) is 5.75 Å². The number of carbonyl (C=O) groups is 1. The fraction of sp³-hybridized carbons (Fsp3) is 0.429. The zero-order chi connectivity index (χ0) is 18.0. The predicted molar refractivity (Wildman–Crippen MR) is 98.2 cm³/mol. The van der Waals surface area contributed by atoms with Gasteiger partial charge in [-0.05, 0) is 49.9 Å². The number of aryl methyl sites for hydroxylation is 1. The van der Waals surface area contributed by atoms with E-state index in [0.29, 0.717) is 25.6 Å². The highest BCUT2D eigenvalue weighted by Crippen LogP contribution is 2.42. The summed E-state index contributed by atoms with van der Waals surface area (Å²) in [6.07, 6.45) is 5.43. The third kappa shape index (κ3) is 3.31. The maximum Gasteiger partial charge on any atom is 0.254 e. The molecule has 0 bridgehead atoms. The molecule has 2 aromatic rings. The first-order valence-electron chi connectivity index (χ1n) is 9.19. The lowest BCUT2D eigenvalue weighted by Gasteiger charge is -2.50. The van der Waals surface area contributed by atoms with Crippen LogP contribution in [-0.4, -0.2) is 47.7 Å². The summed E-state index contributed by atoms with van der Waals surface area (Å²) in [6.45, 7) is 4.78. The maximum atomic E-state index is 12.7. The number of rotatable bonds is 5. The van der Waals surface area contributed by atoms with Crippen molar-refractivity contribution in [2.75, 3.05) is 26.3 Å². The summed E-state index contributed by atoms with van der Waals surface area (Å²) >= 11 is 0. The molecule has 136 valence electrons. The molecule has 2 aliphatic rings. The van der Waals surface area contributed by atoms with Gasteiger partial charge in [0, 0.05) is 18.4 Å². The number of hydrogen-bond donors (Lipinski definition) is 0. The second-order valence-corrected chi connectivity index (χ2v) is 7.26. The molecule has 1 aromatic carbocycles. The number of amides is 1. The van der Waals surface area contributed by atoms with Gasteiger partial charge in [0.1, 0.15) is 11.4 Å². The van der Waals surface area contributed by atoms with Crippen molar-refractivity contribution in [3.05, 3.63) is 59.9 Å². The van der Waals surface area contributed by atoms with Crippen molar-refractivity contribution in [3.8, 4) is 5.75 Å². The molecule has 1 atom stereocenters. The Morgan fingerprint density at radius 3 is 3.00 bits per heavy atom. The highest BCUT2D eigenvalue weighted by molar-refractivity contribution is 5.95. The molecule has 1 spiro atoms. The molecule has 1 aromatic heterocycles. The van der Waals surface area contributed by atoms with Crippen molar-refractivity contribution in [2.24, 2.45) is 5.92 Å². The summed E-state index contributed by atoms with van der Waals surface area (Å²) < 4.78 is 11.9. The summed E-state index contributed by atoms with van der Waals surface area (Å²) in [4.78, 5) is 18.6. The maximum absolute atomic E-state index is 12.7. The molecule has 2 fully saturated rings. The van der Waals surface area contributed by atoms with Crippen LogP contribution in [0.1, 0.15) is 28.8 Å². The number of likely N-dealkylation sites (tertiary alicyclic amines) is 1. The average molecular weight is 352 g/mol. The lowest BCUT2D eigenvalue weighted by atomic mass is 9.79. The molecule has 0 aliphatic carbocycles. The zero-order valence-electron chi connectivity index (χ0n) is 15.1. The van der Waals surface area contributed by atoms with E-state index in [-0.39, 0.29) is 11.5 Å². The SMILES string of the molecule is Cc1cccc(C(=O)N2CC3(C2)OCC[C@@H]3CCOc2cccnc2)c1. The Morgan fingerprint density at radius 1 is 1.35 bits per heavy atom. The molecule has 2 aliphatic heterocycles. The van der Waals surface area contributed by atoms with Gasteiger partial charge in [0.05, 0.1) is 25.9 Å². The zero-order valence-corrected chi connectivity index (χ0v) is 15.1. The van der Waals surface area contributed by atoms with E-state index in [4.69, 9.17) is 9.47 Å². The fourth-order valence-electron chi connectivity index (χ4n) is 4.00. The lowest BCUT2D eigenvalue weighted by Crippen LogP contribution is -2.66. The normalized spacial score (nSPS) is 20.8. The molecule has 0 saturated carbocycles. The van der Waals surface area contributed by atoms with Crippen molar-refractivity contribution in [1.82, 2.24) is 9.88 Å². The Balaban J connectivity index is 1.32. The monoisotopic (exact) mass is 352 g/mol. The van der Waals surface area contributed by atoms with Gasteiger partial charge in [0.2, 0.25) is 0 Å². The van der Waals surface area contributed by atoms with Crippen LogP contribution >= 0.6 is 0 Å². The second-order valence-electron chi connectivity index (χ2n) is 7.26. The van der Waals surface area contributed by atoms with E-state index in [1.807, 2.05) is 48.2 Å². The number of aromatic nitrogens is 1. The van der Waals surface area contributed by atoms with E-state index in [1.165, 1.54) is 0 Å². The molecule has 1 amide bonds. The van der Waals surface area contributed by atoms with Gasteiger partial charge in [0.15, 0.2) is 0 Å². The first-order chi connectivity index (χ1) is 12.7. The van der Waals surface area contributed by atoms with Crippen molar-refractivity contribution in [2.45, 2.75) is 25.4 Å². The van der Waals surface area contributed by atoms with E-state index in [2.05, 4.69) is 4.98 Å². The van der Waals surface area contributed by atoms with Gasteiger partial charge in [-0.3, -0.25) is 9.78 Å². The topological polar surface area (TPSA) is 51.7 Å². The largest absolute Gasteiger partial charge is 0.492 e. The highest BCUT2D eigenvalue weighted by Gasteiger charge is 2.54. The van der Waals surface area contributed by atoms with Crippen molar-refractivity contribution in [3.63, 3.8) is 0 Å². The first-order valence-corrected chi connectivity index (χ1v) is 9.19. The van der Waals surface area contributed by atoms with Crippen LogP contribution in [0.4, 0.5) is 0 Å². The minimum Gasteiger partial charge on any atom is -0.492 e. The first kappa shape index (κ1) is 17.0. The predicted octanol–water partition coefficient (Wildman–Crippen LogP) is 3.09. The molecule has 26 heavy (non-hydrogen) atoms. The van der Waals surface area contributed by atoms with E-state index < -0.39 is 0 Å². The summed E-state index contributed by atoms with van der Waals surface area (Å²) in [5.41, 5.74) is 1.68. The molecule has 2 saturated heterocycles. The Bertz CT molecular complexity index is 772.